The summed E-state index contributed by atoms with van der Waals surface area (Å²) in [5, 5.41) is 0. The molecule has 1 saturated heterocycles. The van der Waals surface area contributed by atoms with Crippen LogP contribution in [0.4, 0.5) is 0 Å². The quantitative estimate of drug-likeness (QED) is 0.0262. The molecule has 2 fully saturated rings. The van der Waals surface area contributed by atoms with Gasteiger partial charge in [-0.05, 0) is 111 Å². The number of unbranched alkanes of at least 4 members (excludes halogenated alkanes) is 18. The van der Waals surface area contributed by atoms with Crippen molar-refractivity contribution in [1.82, 2.24) is 9.80 Å². The number of piperidine rings is 1. The van der Waals surface area contributed by atoms with Gasteiger partial charge in [0.15, 0.2) is 6.29 Å². The van der Waals surface area contributed by atoms with Crippen LogP contribution in [0.3, 0.4) is 0 Å². The zero-order valence-corrected chi connectivity index (χ0v) is 42.4. The van der Waals surface area contributed by atoms with Gasteiger partial charge in [-0.25, -0.2) is 0 Å². The molecule has 2 rings (SSSR count). The van der Waals surface area contributed by atoms with Crippen LogP contribution in [0.15, 0.2) is 24.3 Å². The van der Waals surface area contributed by atoms with Crippen molar-refractivity contribution in [3.05, 3.63) is 24.3 Å². The first kappa shape index (κ1) is 59.0. The summed E-state index contributed by atoms with van der Waals surface area (Å²) >= 11 is 0. The second kappa shape index (κ2) is 41.4. The van der Waals surface area contributed by atoms with Crippen LogP contribution in [-0.2, 0) is 28.6 Å². The highest BCUT2D eigenvalue weighted by Gasteiger charge is 2.41. The van der Waals surface area contributed by atoms with Crippen molar-refractivity contribution in [2.45, 2.75) is 246 Å². The number of ether oxygens (including phenoxy) is 3. The molecule has 0 N–H and O–H groups in total. The minimum absolute atomic E-state index is 0.0296. The Morgan fingerprint density at radius 3 is 1.68 bits per heavy atom. The maximum atomic E-state index is 12.6. The topological polar surface area (TPSA) is 85.4 Å². The smallest absolute Gasteiger partial charge is 0.305 e. The third-order valence-electron chi connectivity index (χ3n) is 12.8. The summed E-state index contributed by atoms with van der Waals surface area (Å²) in [4.78, 5) is 40.5. The van der Waals surface area contributed by atoms with E-state index in [0.29, 0.717) is 32.3 Å². The summed E-state index contributed by atoms with van der Waals surface area (Å²) in [5.74, 6) is 1.27. The van der Waals surface area contributed by atoms with Crippen LogP contribution in [0.5, 0.6) is 0 Å². The molecule has 8 heteroatoms. The first-order valence-electron chi connectivity index (χ1n) is 26.7. The fourth-order valence-corrected chi connectivity index (χ4v) is 8.39. The van der Waals surface area contributed by atoms with E-state index in [1.165, 1.54) is 122 Å². The van der Waals surface area contributed by atoms with Crippen molar-refractivity contribution in [2.75, 3.05) is 53.6 Å². The van der Waals surface area contributed by atoms with Crippen LogP contribution in [0.1, 0.15) is 240 Å². The second-order valence-electron chi connectivity index (χ2n) is 19.5. The van der Waals surface area contributed by atoms with Crippen molar-refractivity contribution in [3.63, 3.8) is 0 Å². The van der Waals surface area contributed by atoms with Crippen LogP contribution in [0.25, 0.3) is 0 Å². The van der Waals surface area contributed by atoms with Crippen molar-refractivity contribution in [3.8, 4) is 0 Å². The maximum Gasteiger partial charge on any atom is 0.305 e. The van der Waals surface area contributed by atoms with Crippen LogP contribution < -0.4 is 0 Å². The SMILES string of the molecule is CCCCC/C=C\C/C=C\CCCCCCCC(=O)OCC1(CC2CC2)CCN(C(=O)CCCN(C)C)CC1.CCCCCCCCOC(CCC(C)=O)OCCCCCCCC. The minimum atomic E-state index is -0.194. The molecule has 0 aromatic rings. The second-order valence-corrected chi connectivity index (χ2v) is 19.5. The van der Waals surface area contributed by atoms with Crippen molar-refractivity contribution in [2.24, 2.45) is 11.3 Å². The molecule has 2 aliphatic rings. The minimum Gasteiger partial charge on any atom is -0.465 e. The molecule has 0 bridgehead atoms. The first-order valence-corrected chi connectivity index (χ1v) is 26.7. The summed E-state index contributed by atoms with van der Waals surface area (Å²) in [6.07, 6.45) is 46.4. The molecule has 0 radical (unpaired) electrons. The molecule has 1 saturated carbocycles. The maximum absolute atomic E-state index is 12.6. The third kappa shape index (κ3) is 36.8. The number of hydrogen-bond donors (Lipinski definition) is 0. The Labute approximate surface area is 389 Å². The number of carbonyl (C=O) groups is 3. The molecule has 63 heavy (non-hydrogen) atoms. The van der Waals surface area contributed by atoms with Crippen molar-refractivity contribution in [1.29, 1.82) is 0 Å². The molecule has 0 unspecified atom stereocenters. The molecule has 0 aromatic carbocycles. The molecule has 0 atom stereocenters. The van der Waals surface area contributed by atoms with Crippen LogP contribution in [-0.4, -0.2) is 87.3 Å². The van der Waals surface area contributed by atoms with E-state index in [1.807, 2.05) is 4.90 Å². The van der Waals surface area contributed by atoms with Gasteiger partial charge in [-0.3, -0.25) is 9.59 Å². The molecule has 1 amide bonds. The van der Waals surface area contributed by atoms with E-state index in [4.69, 9.17) is 14.2 Å². The van der Waals surface area contributed by atoms with E-state index in [2.05, 4.69) is 64.1 Å². The van der Waals surface area contributed by atoms with E-state index in [-0.39, 0.29) is 29.4 Å². The Morgan fingerprint density at radius 1 is 0.635 bits per heavy atom. The summed E-state index contributed by atoms with van der Waals surface area (Å²) in [5.41, 5.74) is 0.0790. The molecule has 368 valence electrons. The van der Waals surface area contributed by atoms with Crippen LogP contribution >= 0.6 is 0 Å². The summed E-state index contributed by atoms with van der Waals surface area (Å²) in [7, 11) is 4.10. The Hall–Kier alpha value is -2.03. The molecule has 1 aliphatic heterocycles. The number of esters is 1. The van der Waals surface area contributed by atoms with Gasteiger partial charge in [0.25, 0.3) is 0 Å². The van der Waals surface area contributed by atoms with Gasteiger partial charge in [-0.1, -0.05) is 154 Å². The highest BCUT2D eigenvalue weighted by molar-refractivity contribution is 5.76. The number of amides is 1. The van der Waals surface area contributed by atoms with E-state index in [0.717, 1.165) is 103 Å². The lowest BCUT2D eigenvalue weighted by Gasteiger charge is -2.41. The number of carbonyl (C=O) groups excluding carboxylic acids is 3. The van der Waals surface area contributed by atoms with Gasteiger partial charge in [0.1, 0.15) is 5.78 Å². The predicted octanol–water partition coefficient (Wildman–Crippen LogP) is 14.5. The summed E-state index contributed by atoms with van der Waals surface area (Å²) in [6, 6.07) is 0. The lowest BCUT2D eigenvalue weighted by Crippen LogP contribution is -2.45. The predicted molar refractivity (Wildman–Crippen MR) is 266 cm³/mol. The standard InChI is InChI=1S/C34H60N2O3.C21H42O3/c1-4-5-6-7-8-9-10-11-12-13-14-15-16-17-18-21-33(38)39-30-34(29-31-22-23-31)24-27-36(28-25-34)32(37)20-19-26-35(2)3;1-4-6-8-10-12-14-18-23-21(17-16-20(3)22)24-19-15-13-11-9-7-5-2/h8-9,11-12,31H,4-7,10,13-30H2,1-3H3;21H,4-19H2,1-3H3/b9-8-,12-11-;. The van der Waals surface area contributed by atoms with Gasteiger partial charge in [-0.2, -0.15) is 0 Å². The number of likely N-dealkylation sites (tertiary alicyclic amines) is 1. The van der Waals surface area contributed by atoms with E-state index in [1.54, 1.807) is 6.92 Å². The van der Waals surface area contributed by atoms with Gasteiger partial charge in [0.05, 0.1) is 6.61 Å². The monoisotopic (exact) mass is 887 g/mol. The zero-order chi connectivity index (χ0) is 46.1. The lowest BCUT2D eigenvalue weighted by atomic mass is 9.75. The molecule has 1 aliphatic carbocycles. The molecular weight excluding hydrogens is 785 g/mol. The Balaban J connectivity index is 0.000000711. The Bertz CT molecular complexity index is 1120. The van der Waals surface area contributed by atoms with Crippen LogP contribution in [0, 0.1) is 11.3 Å². The third-order valence-corrected chi connectivity index (χ3v) is 12.8. The zero-order valence-electron chi connectivity index (χ0n) is 42.4. The fraction of sp³-hybridized carbons (Fsp3) is 0.873. The van der Waals surface area contributed by atoms with Crippen molar-refractivity contribution >= 4 is 17.7 Å². The normalized spacial score (nSPS) is 15.1. The summed E-state index contributed by atoms with van der Waals surface area (Å²) < 4.78 is 17.6. The van der Waals surface area contributed by atoms with Gasteiger partial charge in [0.2, 0.25) is 5.91 Å². The van der Waals surface area contributed by atoms with E-state index < -0.39 is 0 Å². The molecular formula is C55H102N2O6. The number of nitrogens with zero attached hydrogens (tertiary/aromatic N) is 2. The molecule has 0 aromatic heterocycles. The molecule has 8 nitrogen and oxygen atoms in total. The average Bonchev–Trinajstić information content (AvgIpc) is 4.09. The lowest BCUT2D eigenvalue weighted by molar-refractivity contribution is -0.150. The van der Waals surface area contributed by atoms with E-state index in [9.17, 15) is 14.4 Å². The fourth-order valence-electron chi connectivity index (χ4n) is 8.39. The molecule has 0 spiro atoms. The average molecular weight is 887 g/mol. The van der Waals surface area contributed by atoms with Gasteiger partial charge in [-0.15, -0.1) is 0 Å². The first-order chi connectivity index (χ1) is 30.6. The number of hydrogen-bond acceptors (Lipinski definition) is 7. The summed E-state index contributed by atoms with van der Waals surface area (Å²) in [6.45, 7) is 13.0. The highest BCUT2D eigenvalue weighted by atomic mass is 16.7. The number of ketones is 1. The Kier molecular flexibility index (Phi) is 38.8. The number of rotatable bonds is 41. The molecule has 1 heterocycles. The van der Waals surface area contributed by atoms with Gasteiger partial charge >= 0.3 is 5.97 Å². The Morgan fingerprint density at radius 2 is 1.14 bits per heavy atom. The highest BCUT2D eigenvalue weighted by Crippen LogP contribution is 2.46. The van der Waals surface area contributed by atoms with Crippen LogP contribution in [0.2, 0.25) is 0 Å². The number of allylic oxidation sites excluding steroid dienone is 4. The van der Waals surface area contributed by atoms with Gasteiger partial charge < -0.3 is 28.8 Å². The number of Topliss-reactive ketones (excluding diaryl/α,β-unsaturated/α-hetero) is 1. The van der Waals surface area contributed by atoms with Gasteiger partial charge in [0, 0.05) is 57.4 Å². The largest absolute Gasteiger partial charge is 0.465 e. The van der Waals surface area contributed by atoms with E-state index >= 15 is 0 Å². The van der Waals surface area contributed by atoms with Crippen molar-refractivity contribution < 1.29 is 28.6 Å².